The number of carbonyl (C=O) groups is 1. The van der Waals surface area contributed by atoms with E-state index in [0.29, 0.717) is 10.7 Å². The Kier molecular flexibility index (Phi) is 3.43. The van der Waals surface area contributed by atoms with Crippen molar-refractivity contribution in [3.8, 4) is 0 Å². The first kappa shape index (κ1) is 11.7. The Labute approximate surface area is 103 Å². The molecular formula is C11H12N4OS. The summed E-state index contributed by atoms with van der Waals surface area (Å²) >= 11 is 1.19. The van der Waals surface area contributed by atoms with E-state index >= 15 is 0 Å². The molecule has 0 saturated heterocycles. The normalized spacial score (nSPS) is 10.5. The number of pyridine rings is 1. The van der Waals surface area contributed by atoms with Crippen LogP contribution in [0.3, 0.4) is 0 Å². The molecule has 2 heterocycles. The second kappa shape index (κ2) is 5.01. The predicted molar refractivity (Wildman–Crippen MR) is 66.2 cm³/mol. The molecule has 2 rings (SSSR count). The smallest absolute Gasteiger partial charge is 0.259 e. The number of anilines is 1. The van der Waals surface area contributed by atoms with Crippen LogP contribution < -0.4 is 5.32 Å². The summed E-state index contributed by atoms with van der Waals surface area (Å²) < 4.78 is 4.16. The van der Waals surface area contributed by atoms with Gasteiger partial charge in [0.2, 0.25) is 5.13 Å². The van der Waals surface area contributed by atoms with Gasteiger partial charge in [0, 0.05) is 29.8 Å². The van der Waals surface area contributed by atoms with E-state index in [-0.39, 0.29) is 11.8 Å². The summed E-state index contributed by atoms with van der Waals surface area (Å²) in [4.78, 5) is 19.9. The van der Waals surface area contributed by atoms with Crippen LogP contribution in [-0.2, 0) is 0 Å². The second-order valence-electron chi connectivity index (χ2n) is 3.81. The van der Waals surface area contributed by atoms with Gasteiger partial charge >= 0.3 is 0 Å². The number of hydrogen-bond acceptors (Lipinski definition) is 5. The maximum Gasteiger partial charge on any atom is 0.259 e. The van der Waals surface area contributed by atoms with Gasteiger partial charge < -0.3 is 0 Å². The molecular weight excluding hydrogens is 236 g/mol. The van der Waals surface area contributed by atoms with Gasteiger partial charge in [-0.05, 0) is 12.1 Å². The van der Waals surface area contributed by atoms with E-state index in [1.807, 2.05) is 13.8 Å². The highest BCUT2D eigenvalue weighted by atomic mass is 32.1. The summed E-state index contributed by atoms with van der Waals surface area (Å²) in [6.07, 6.45) is 3.14. The monoisotopic (exact) mass is 248 g/mol. The summed E-state index contributed by atoms with van der Waals surface area (Å²) in [6, 6.07) is 3.42. The third-order valence-corrected chi connectivity index (χ3v) is 2.75. The van der Waals surface area contributed by atoms with Crippen molar-refractivity contribution in [3.05, 3.63) is 35.9 Å². The van der Waals surface area contributed by atoms with E-state index < -0.39 is 0 Å². The minimum Gasteiger partial charge on any atom is -0.297 e. The molecule has 2 aromatic heterocycles. The van der Waals surface area contributed by atoms with Crippen molar-refractivity contribution in [2.24, 2.45) is 0 Å². The average molecular weight is 248 g/mol. The fourth-order valence-corrected chi connectivity index (χ4v) is 1.89. The minimum atomic E-state index is -0.218. The third-order valence-electron chi connectivity index (χ3n) is 2.10. The molecule has 0 bridgehead atoms. The van der Waals surface area contributed by atoms with Crippen molar-refractivity contribution in [3.63, 3.8) is 0 Å². The number of nitrogens with zero attached hydrogens (tertiary/aromatic N) is 3. The van der Waals surface area contributed by atoms with E-state index in [4.69, 9.17) is 0 Å². The Morgan fingerprint density at radius 1 is 1.47 bits per heavy atom. The standard InChI is InChI=1S/C11H12N4OS/c1-7(2)9-13-11(17-15-9)14-10(16)8-4-3-5-12-6-8/h3-7H,1-2H3,(H,13,14,15,16). The molecule has 1 N–H and O–H groups in total. The Morgan fingerprint density at radius 2 is 2.29 bits per heavy atom. The highest BCUT2D eigenvalue weighted by molar-refractivity contribution is 7.09. The van der Waals surface area contributed by atoms with Crippen LogP contribution in [0, 0.1) is 0 Å². The van der Waals surface area contributed by atoms with Gasteiger partial charge in [0.15, 0.2) is 0 Å². The van der Waals surface area contributed by atoms with Crippen molar-refractivity contribution in [1.29, 1.82) is 0 Å². The number of rotatable bonds is 3. The zero-order chi connectivity index (χ0) is 12.3. The lowest BCUT2D eigenvalue weighted by molar-refractivity contribution is 0.102. The molecule has 0 saturated carbocycles. The highest BCUT2D eigenvalue weighted by Crippen LogP contribution is 2.17. The maximum absolute atomic E-state index is 11.8. The maximum atomic E-state index is 11.8. The molecule has 0 aliphatic rings. The molecule has 0 aliphatic carbocycles. The van der Waals surface area contributed by atoms with Gasteiger partial charge in [-0.15, -0.1) is 0 Å². The Balaban J connectivity index is 2.08. The Bertz CT molecular complexity index is 509. The van der Waals surface area contributed by atoms with Crippen LogP contribution in [0.2, 0.25) is 0 Å². The molecule has 0 radical (unpaired) electrons. The first-order chi connectivity index (χ1) is 8.16. The molecule has 0 unspecified atom stereocenters. The van der Waals surface area contributed by atoms with Crippen molar-refractivity contribution < 1.29 is 4.79 Å². The lowest BCUT2D eigenvalue weighted by atomic mass is 10.2. The van der Waals surface area contributed by atoms with Gasteiger partial charge in [-0.3, -0.25) is 15.1 Å². The topological polar surface area (TPSA) is 67.8 Å². The van der Waals surface area contributed by atoms with Gasteiger partial charge in [-0.25, -0.2) is 4.98 Å². The molecule has 6 heteroatoms. The summed E-state index contributed by atoms with van der Waals surface area (Å²) in [7, 11) is 0. The van der Waals surface area contributed by atoms with Gasteiger partial charge in [0.05, 0.1) is 5.56 Å². The molecule has 5 nitrogen and oxygen atoms in total. The average Bonchev–Trinajstić information content (AvgIpc) is 2.79. The first-order valence-corrected chi connectivity index (χ1v) is 5.99. The van der Waals surface area contributed by atoms with Gasteiger partial charge in [-0.1, -0.05) is 13.8 Å². The van der Waals surface area contributed by atoms with Crippen LogP contribution >= 0.6 is 11.5 Å². The number of nitrogens with one attached hydrogen (secondary N) is 1. The second-order valence-corrected chi connectivity index (χ2v) is 4.56. The summed E-state index contributed by atoms with van der Waals surface area (Å²) in [5.41, 5.74) is 0.508. The number of amides is 1. The predicted octanol–water partition coefficient (Wildman–Crippen LogP) is 2.31. The van der Waals surface area contributed by atoms with E-state index in [0.717, 1.165) is 5.82 Å². The van der Waals surface area contributed by atoms with Crippen LogP contribution in [0.5, 0.6) is 0 Å². The van der Waals surface area contributed by atoms with Gasteiger partial charge in [-0.2, -0.15) is 4.37 Å². The molecule has 0 spiro atoms. The van der Waals surface area contributed by atoms with Crippen LogP contribution in [-0.4, -0.2) is 20.2 Å². The lowest BCUT2D eigenvalue weighted by Gasteiger charge is -1.99. The zero-order valence-electron chi connectivity index (χ0n) is 9.54. The fraction of sp³-hybridized carbons (Fsp3) is 0.273. The van der Waals surface area contributed by atoms with Gasteiger partial charge in [0.1, 0.15) is 5.82 Å². The molecule has 17 heavy (non-hydrogen) atoms. The minimum absolute atomic E-state index is 0.218. The van der Waals surface area contributed by atoms with Crippen molar-refractivity contribution in [1.82, 2.24) is 14.3 Å². The summed E-state index contributed by atoms with van der Waals surface area (Å²) in [5, 5.41) is 3.22. The van der Waals surface area contributed by atoms with Crippen LogP contribution in [0.1, 0.15) is 35.9 Å². The first-order valence-electron chi connectivity index (χ1n) is 5.22. The van der Waals surface area contributed by atoms with Crippen LogP contribution in [0.15, 0.2) is 24.5 Å². The third kappa shape index (κ3) is 2.85. The molecule has 2 aromatic rings. The number of aromatic nitrogens is 3. The molecule has 0 fully saturated rings. The summed E-state index contributed by atoms with van der Waals surface area (Å²) in [5.74, 6) is 0.788. The van der Waals surface area contributed by atoms with E-state index in [1.165, 1.54) is 17.7 Å². The highest BCUT2D eigenvalue weighted by Gasteiger charge is 2.11. The SMILES string of the molecule is CC(C)c1nsc(NC(=O)c2cccnc2)n1. The van der Waals surface area contributed by atoms with Crippen molar-refractivity contribution in [2.45, 2.75) is 19.8 Å². The number of carbonyl (C=O) groups excluding carboxylic acids is 1. The fourth-order valence-electron chi connectivity index (χ4n) is 1.19. The van der Waals surface area contributed by atoms with E-state index in [2.05, 4.69) is 19.7 Å². The van der Waals surface area contributed by atoms with Crippen LogP contribution in [0.25, 0.3) is 0 Å². The quantitative estimate of drug-likeness (QED) is 0.905. The zero-order valence-corrected chi connectivity index (χ0v) is 10.4. The largest absolute Gasteiger partial charge is 0.297 e. The Morgan fingerprint density at radius 3 is 2.88 bits per heavy atom. The van der Waals surface area contributed by atoms with Gasteiger partial charge in [0.25, 0.3) is 5.91 Å². The molecule has 1 amide bonds. The van der Waals surface area contributed by atoms with Crippen LogP contribution in [0.4, 0.5) is 5.13 Å². The van der Waals surface area contributed by atoms with Crippen molar-refractivity contribution in [2.75, 3.05) is 5.32 Å². The lowest BCUT2D eigenvalue weighted by Crippen LogP contribution is -2.11. The molecule has 0 atom stereocenters. The summed E-state index contributed by atoms with van der Waals surface area (Å²) in [6.45, 7) is 4.02. The van der Waals surface area contributed by atoms with Crippen molar-refractivity contribution >= 4 is 22.6 Å². The molecule has 0 aromatic carbocycles. The molecule has 0 aliphatic heterocycles. The van der Waals surface area contributed by atoms with E-state index in [1.54, 1.807) is 18.3 Å². The molecule has 88 valence electrons. The van der Waals surface area contributed by atoms with E-state index in [9.17, 15) is 4.79 Å². The Hall–Kier alpha value is -1.82. The number of hydrogen-bond donors (Lipinski definition) is 1.